The standard InChI is InChI=1S/C19H25NO3S/c21-12-6-11-20-19(22)18-16(13-24-14-7-2-1-3-8-14)15-9-4-5-10-17(15)23-18/h4-5,9-10,14,21H,1-3,6-8,11-13H2,(H,20,22). The lowest BCUT2D eigenvalue weighted by molar-refractivity contribution is 0.0924. The fourth-order valence-electron chi connectivity index (χ4n) is 3.22. The second-order valence-corrected chi connectivity index (χ2v) is 7.60. The van der Waals surface area contributed by atoms with Crippen molar-refractivity contribution >= 4 is 28.6 Å². The van der Waals surface area contributed by atoms with Gasteiger partial charge in [0.15, 0.2) is 5.76 Å². The molecule has 1 aromatic heterocycles. The lowest BCUT2D eigenvalue weighted by Crippen LogP contribution is -2.25. The van der Waals surface area contributed by atoms with Gasteiger partial charge in [-0.15, -0.1) is 0 Å². The molecule has 1 amide bonds. The number of nitrogens with one attached hydrogen (secondary N) is 1. The Hall–Kier alpha value is -1.46. The summed E-state index contributed by atoms with van der Waals surface area (Å²) in [6.45, 7) is 0.534. The number of carbonyl (C=O) groups is 1. The summed E-state index contributed by atoms with van der Waals surface area (Å²) in [5.41, 5.74) is 1.77. The average Bonchev–Trinajstić information content (AvgIpc) is 3.00. The van der Waals surface area contributed by atoms with Crippen LogP contribution in [0.1, 0.15) is 54.6 Å². The lowest BCUT2D eigenvalue weighted by atomic mass is 10.0. The lowest BCUT2D eigenvalue weighted by Gasteiger charge is -2.20. The van der Waals surface area contributed by atoms with Crippen molar-refractivity contribution in [2.45, 2.75) is 49.5 Å². The van der Waals surface area contributed by atoms with E-state index in [9.17, 15) is 4.79 Å². The van der Waals surface area contributed by atoms with Crippen LogP contribution >= 0.6 is 11.8 Å². The van der Waals surface area contributed by atoms with Crippen LogP contribution in [0.3, 0.4) is 0 Å². The molecule has 1 heterocycles. The molecule has 4 nitrogen and oxygen atoms in total. The third-order valence-electron chi connectivity index (χ3n) is 4.54. The number of hydrogen-bond acceptors (Lipinski definition) is 4. The van der Waals surface area contributed by atoms with Crippen LogP contribution < -0.4 is 5.32 Å². The summed E-state index contributed by atoms with van der Waals surface area (Å²) in [6, 6.07) is 7.85. The fourth-order valence-corrected chi connectivity index (χ4v) is 4.58. The average molecular weight is 347 g/mol. The van der Waals surface area contributed by atoms with Crippen molar-refractivity contribution in [3.05, 3.63) is 35.6 Å². The Balaban J connectivity index is 1.77. The molecule has 1 aliphatic carbocycles. The topological polar surface area (TPSA) is 62.5 Å². The zero-order valence-corrected chi connectivity index (χ0v) is 14.7. The molecule has 130 valence electrons. The number of thioether (sulfide) groups is 1. The van der Waals surface area contributed by atoms with E-state index in [4.69, 9.17) is 9.52 Å². The van der Waals surface area contributed by atoms with E-state index in [1.807, 2.05) is 36.0 Å². The molecule has 0 bridgehead atoms. The minimum atomic E-state index is -0.182. The summed E-state index contributed by atoms with van der Waals surface area (Å²) < 4.78 is 5.84. The summed E-state index contributed by atoms with van der Waals surface area (Å²) in [5, 5.41) is 13.4. The van der Waals surface area contributed by atoms with Crippen molar-refractivity contribution in [3.63, 3.8) is 0 Å². The Labute approximate surface area is 147 Å². The number of rotatable bonds is 7. The predicted molar refractivity (Wildman–Crippen MR) is 98.4 cm³/mol. The fraction of sp³-hybridized carbons (Fsp3) is 0.526. The molecule has 0 aliphatic heterocycles. The minimum Gasteiger partial charge on any atom is -0.451 e. The maximum Gasteiger partial charge on any atom is 0.287 e. The van der Waals surface area contributed by atoms with Gasteiger partial charge in [-0.1, -0.05) is 37.5 Å². The number of furan rings is 1. The van der Waals surface area contributed by atoms with Gasteiger partial charge >= 0.3 is 0 Å². The maximum absolute atomic E-state index is 12.5. The highest BCUT2D eigenvalue weighted by Gasteiger charge is 2.22. The molecule has 2 aromatic rings. The number of benzene rings is 1. The smallest absolute Gasteiger partial charge is 0.287 e. The number of fused-ring (bicyclic) bond motifs is 1. The van der Waals surface area contributed by atoms with E-state index < -0.39 is 0 Å². The molecule has 0 saturated heterocycles. The van der Waals surface area contributed by atoms with Crippen molar-refractivity contribution in [2.75, 3.05) is 13.2 Å². The Morgan fingerprint density at radius 2 is 2.04 bits per heavy atom. The van der Waals surface area contributed by atoms with Crippen molar-refractivity contribution in [1.29, 1.82) is 0 Å². The van der Waals surface area contributed by atoms with Crippen molar-refractivity contribution in [3.8, 4) is 0 Å². The van der Waals surface area contributed by atoms with Crippen LogP contribution in [0.15, 0.2) is 28.7 Å². The molecular weight excluding hydrogens is 322 g/mol. The molecule has 1 saturated carbocycles. The van der Waals surface area contributed by atoms with Crippen LogP contribution in [0.4, 0.5) is 0 Å². The number of aliphatic hydroxyl groups excluding tert-OH is 1. The van der Waals surface area contributed by atoms with Gasteiger partial charge in [-0.05, 0) is 25.3 Å². The number of hydrogen-bond donors (Lipinski definition) is 2. The molecule has 0 unspecified atom stereocenters. The van der Waals surface area contributed by atoms with Crippen LogP contribution in [0, 0.1) is 0 Å². The first-order valence-electron chi connectivity index (χ1n) is 8.80. The first-order valence-corrected chi connectivity index (χ1v) is 9.85. The van der Waals surface area contributed by atoms with Gasteiger partial charge in [0.1, 0.15) is 5.58 Å². The highest BCUT2D eigenvalue weighted by atomic mass is 32.2. The normalized spacial score (nSPS) is 15.7. The Morgan fingerprint density at radius 1 is 1.25 bits per heavy atom. The first-order chi connectivity index (χ1) is 11.8. The largest absolute Gasteiger partial charge is 0.451 e. The predicted octanol–water partition coefficient (Wildman–Crippen LogP) is 4.11. The van der Waals surface area contributed by atoms with E-state index in [1.54, 1.807) is 0 Å². The monoisotopic (exact) mass is 347 g/mol. The molecule has 1 aromatic carbocycles. The summed E-state index contributed by atoms with van der Waals surface area (Å²) in [7, 11) is 0. The third-order valence-corrected chi connectivity index (χ3v) is 5.94. The molecule has 5 heteroatoms. The van der Waals surface area contributed by atoms with Gasteiger partial charge in [0.25, 0.3) is 5.91 Å². The van der Waals surface area contributed by atoms with E-state index in [2.05, 4.69) is 5.32 Å². The van der Waals surface area contributed by atoms with Crippen LogP contribution in [-0.2, 0) is 5.75 Å². The Kier molecular flexibility index (Phi) is 6.21. The van der Waals surface area contributed by atoms with Crippen LogP contribution in [-0.4, -0.2) is 29.4 Å². The van der Waals surface area contributed by atoms with Crippen LogP contribution in [0.25, 0.3) is 11.0 Å². The zero-order chi connectivity index (χ0) is 16.8. The molecule has 24 heavy (non-hydrogen) atoms. The third kappa shape index (κ3) is 4.14. The summed E-state index contributed by atoms with van der Waals surface area (Å²) in [6.07, 6.45) is 7.09. The van der Waals surface area contributed by atoms with E-state index >= 15 is 0 Å². The van der Waals surface area contributed by atoms with E-state index in [-0.39, 0.29) is 12.5 Å². The summed E-state index contributed by atoms with van der Waals surface area (Å²) in [4.78, 5) is 12.5. The number of para-hydroxylation sites is 1. The molecule has 2 N–H and O–H groups in total. The van der Waals surface area contributed by atoms with E-state index in [1.165, 1.54) is 32.1 Å². The maximum atomic E-state index is 12.5. The minimum absolute atomic E-state index is 0.0742. The molecule has 0 radical (unpaired) electrons. The van der Waals surface area contributed by atoms with Crippen LogP contribution in [0.5, 0.6) is 0 Å². The van der Waals surface area contributed by atoms with Gasteiger partial charge < -0.3 is 14.8 Å². The summed E-state index contributed by atoms with van der Waals surface area (Å²) >= 11 is 1.95. The molecular formula is C19H25NO3S. The SMILES string of the molecule is O=C(NCCCO)c1oc2ccccc2c1CSC1CCCCC1. The van der Waals surface area contributed by atoms with Gasteiger partial charge in [0.05, 0.1) is 0 Å². The molecule has 1 aliphatic rings. The second-order valence-electron chi connectivity index (χ2n) is 6.31. The zero-order valence-electron chi connectivity index (χ0n) is 13.9. The van der Waals surface area contributed by atoms with E-state index in [0.29, 0.717) is 24.0 Å². The first kappa shape index (κ1) is 17.4. The van der Waals surface area contributed by atoms with Gasteiger partial charge in [0, 0.05) is 35.1 Å². The van der Waals surface area contributed by atoms with Gasteiger partial charge in [-0.25, -0.2) is 0 Å². The number of amides is 1. The Morgan fingerprint density at radius 3 is 2.83 bits per heavy atom. The van der Waals surface area contributed by atoms with Crippen LogP contribution in [0.2, 0.25) is 0 Å². The van der Waals surface area contributed by atoms with Gasteiger partial charge in [0.2, 0.25) is 0 Å². The molecule has 0 spiro atoms. The van der Waals surface area contributed by atoms with Crippen molar-refractivity contribution in [2.24, 2.45) is 0 Å². The number of carbonyl (C=O) groups excluding carboxylic acids is 1. The Bertz CT molecular complexity index is 676. The molecule has 0 atom stereocenters. The van der Waals surface area contributed by atoms with Gasteiger partial charge in [-0.3, -0.25) is 4.79 Å². The second kappa shape index (κ2) is 8.58. The number of aliphatic hydroxyl groups is 1. The quantitative estimate of drug-likeness (QED) is 0.740. The molecule has 1 fully saturated rings. The van der Waals surface area contributed by atoms with Gasteiger partial charge in [-0.2, -0.15) is 11.8 Å². The van der Waals surface area contributed by atoms with E-state index in [0.717, 1.165) is 22.3 Å². The molecule has 3 rings (SSSR count). The van der Waals surface area contributed by atoms with Crippen molar-refractivity contribution < 1.29 is 14.3 Å². The highest BCUT2D eigenvalue weighted by Crippen LogP contribution is 2.34. The van der Waals surface area contributed by atoms with Crippen molar-refractivity contribution in [1.82, 2.24) is 5.32 Å². The summed E-state index contributed by atoms with van der Waals surface area (Å²) in [5.74, 6) is 1.06. The highest BCUT2D eigenvalue weighted by molar-refractivity contribution is 7.99.